The quantitative estimate of drug-likeness (QED) is 0.700. The lowest BCUT2D eigenvalue weighted by Crippen LogP contribution is -1.85. The fourth-order valence-electron chi connectivity index (χ4n) is 1.04. The summed E-state index contributed by atoms with van der Waals surface area (Å²) in [6.45, 7) is 5.80. The van der Waals surface area contributed by atoms with Crippen molar-refractivity contribution in [2.75, 3.05) is 7.11 Å². The first-order chi connectivity index (χ1) is 6.79. The first-order valence-corrected chi connectivity index (χ1v) is 4.57. The highest BCUT2D eigenvalue weighted by atomic mass is 16.5. The van der Waals surface area contributed by atoms with Gasteiger partial charge >= 0.3 is 0 Å². The molecule has 0 saturated heterocycles. The number of hydrogen-bond donors (Lipinski definition) is 0. The number of pyridine rings is 1. The van der Waals surface area contributed by atoms with Gasteiger partial charge < -0.3 is 9.15 Å². The molecule has 2 aromatic rings. The topological polar surface area (TPSA) is 48.2 Å². The summed E-state index contributed by atoms with van der Waals surface area (Å²) in [7, 11) is 1.57. The number of fused-ring (bicyclic) bond motifs is 1. The predicted octanol–water partition coefficient (Wildman–Crippen LogP) is 2.57. The van der Waals surface area contributed by atoms with E-state index in [2.05, 4.69) is 9.97 Å². The van der Waals surface area contributed by atoms with Gasteiger partial charge in [-0.1, -0.05) is 13.8 Å². The Labute approximate surface area is 82.9 Å². The Morgan fingerprint density at radius 2 is 2.07 bits per heavy atom. The summed E-state index contributed by atoms with van der Waals surface area (Å²) in [6.07, 6.45) is 1.61. The third kappa shape index (κ3) is 2.02. The molecule has 4 nitrogen and oxygen atoms in total. The number of ether oxygens (including phenoxy) is 1. The van der Waals surface area contributed by atoms with Crippen LogP contribution in [0.5, 0.6) is 5.88 Å². The van der Waals surface area contributed by atoms with Crippen LogP contribution in [0.1, 0.15) is 19.7 Å². The monoisotopic (exact) mass is 194 g/mol. The number of methoxy groups -OCH3 is 1. The van der Waals surface area contributed by atoms with Gasteiger partial charge in [-0.15, -0.1) is 0 Å². The van der Waals surface area contributed by atoms with Gasteiger partial charge in [0.15, 0.2) is 11.5 Å². The van der Waals surface area contributed by atoms with Crippen molar-refractivity contribution in [3.8, 4) is 5.88 Å². The van der Waals surface area contributed by atoms with E-state index in [1.54, 1.807) is 26.3 Å². The third-order valence-corrected chi connectivity index (χ3v) is 1.57. The molecule has 2 aromatic heterocycles. The van der Waals surface area contributed by atoms with Crippen molar-refractivity contribution in [3.63, 3.8) is 0 Å². The van der Waals surface area contributed by atoms with Crippen molar-refractivity contribution >= 4 is 11.1 Å². The largest absolute Gasteiger partial charge is 0.481 e. The molecule has 0 spiro atoms. The Hall–Kier alpha value is -1.58. The van der Waals surface area contributed by atoms with Crippen LogP contribution in [0.25, 0.3) is 11.1 Å². The normalized spacial score (nSPS) is 9.43. The van der Waals surface area contributed by atoms with Crippen LogP contribution in [0.4, 0.5) is 0 Å². The van der Waals surface area contributed by atoms with Gasteiger partial charge in [0, 0.05) is 13.0 Å². The minimum atomic E-state index is 0.552. The van der Waals surface area contributed by atoms with Gasteiger partial charge in [-0.25, -0.2) is 9.97 Å². The molecular weight excluding hydrogens is 180 g/mol. The molecule has 76 valence electrons. The standard InChI is InChI=1S/C8H8N2O2.C2H6/c1-5-10-6-3-8(11-2)9-4-7(6)12-5;1-2/h3-4H,1-2H3;1-2H3. The summed E-state index contributed by atoms with van der Waals surface area (Å²) in [4.78, 5) is 8.12. The summed E-state index contributed by atoms with van der Waals surface area (Å²) in [5.41, 5.74) is 1.47. The fourth-order valence-corrected chi connectivity index (χ4v) is 1.04. The predicted molar refractivity (Wildman–Crippen MR) is 54.4 cm³/mol. The Morgan fingerprint density at radius 1 is 1.36 bits per heavy atom. The Balaban J connectivity index is 0.000000461. The van der Waals surface area contributed by atoms with Gasteiger partial charge in [0.2, 0.25) is 5.88 Å². The van der Waals surface area contributed by atoms with Crippen LogP contribution in [0.3, 0.4) is 0 Å². The van der Waals surface area contributed by atoms with E-state index in [1.807, 2.05) is 13.8 Å². The second-order valence-corrected chi connectivity index (χ2v) is 2.43. The summed E-state index contributed by atoms with van der Waals surface area (Å²) in [5.74, 6) is 1.19. The van der Waals surface area contributed by atoms with Crippen LogP contribution in [0.2, 0.25) is 0 Å². The smallest absolute Gasteiger partial charge is 0.215 e. The average molecular weight is 194 g/mol. The Bertz CT molecular complexity index is 409. The lowest BCUT2D eigenvalue weighted by Gasteiger charge is -1.94. The Kier molecular flexibility index (Phi) is 3.45. The summed E-state index contributed by atoms with van der Waals surface area (Å²) < 4.78 is 10.2. The van der Waals surface area contributed by atoms with Crippen molar-refractivity contribution < 1.29 is 9.15 Å². The molecule has 0 aliphatic heterocycles. The van der Waals surface area contributed by atoms with Gasteiger partial charge in [-0.3, -0.25) is 0 Å². The van der Waals surface area contributed by atoms with Gasteiger partial charge in [0.25, 0.3) is 0 Å². The molecule has 2 heterocycles. The number of rotatable bonds is 1. The molecule has 0 saturated carbocycles. The van der Waals surface area contributed by atoms with Crippen molar-refractivity contribution in [1.82, 2.24) is 9.97 Å². The molecule has 4 heteroatoms. The molecule has 0 amide bonds. The lowest BCUT2D eigenvalue weighted by atomic mass is 10.4. The highest BCUT2D eigenvalue weighted by molar-refractivity contribution is 5.72. The van der Waals surface area contributed by atoms with E-state index >= 15 is 0 Å². The third-order valence-electron chi connectivity index (χ3n) is 1.57. The summed E-state index contributed by atoms with van der Waals surface area (Å²) >= 11 is 0. The first kappa shape index (κ1) is 10.5. The van der Waals surface area contributed by atoms with E-state index in [4.69, 9.17) is 9.15 Å². The molecule has 2 rings (SSSR count). The maximum absolute atomic E-state index is 5.24. The maximum Gasteiger partial charge on any atom is 0.215 e. The highest BCUT2D eigenvalue weighted by Crippen LogP contribution is 2.17. The average Bonchev–Trinajstić information content (AvgIpc) is 2.59. The van der Waals surface area contributed by atoms with Crippen LogP contribution in [-0.2, 0) is 0 Å². The SMILES string of the molecule is CC.COc1cc2nc(C)oc2cn1. The molecule has 14 heavy (non-hydrogen) atoms. The van der Waals surface area contributed by atoms with Gasteiger partial charge in [-0.05, 0) is 0 Å². The first-order valence-electron chi connectivity index (χ1n) is 4.57. The van der Waals surface area contributed by atoms with Crippen molar-refractivity contribution in [3.05, 3.63) is 18.2 Å². The summed E-state index contributed by atoms with van der Waals surface area (Å²) in [6, 6.07) is 1.74. The van der Waals surface area contributed by atoms with Crippen molar-refractivity contribution in [1.29, 1.82) is 0 Å². The maximum atomic E-state index is 5.24. The van der Waals surface area contributed by atoms with Gasteiger partial charge in [0.1, 0.15) is 5.52 Å². The molecule has 0 N–H and O–H groups in total. The zero-order valence-corrected chi connectivity index (χ0v) is 8.87. The molecule has 0 radical (unpaired) electrons. The van der Waals surface area contributed by atoms with Crippen molar-refractivity contribution in [2.24, 2.45) is 0 Å². The van der Waals surface area contributed by atoms with E-state index in [0.29, 0.717) is 17.4 Å². The molecule has 0 bridgehead atoms. The van der Waals surface area contributed by atoms with Gasteiger partial charge in [-0.2, -0.15) is 0 Å². The van der Waals surface area contributed by atoms with E-state index in [1.165, 1.54) is 0 Å². The number of hydrogen-bond acceptors (Lipinski definition) is 4. The van der Waals surface area contributed by atoms with E-state index in [9.17, 15) is 0 Å². The fraction of sp³-hybridized carbons (Fsp3) is 0.400. The highest BCUT2D eigenvalue weighted by Gasteiger charge is 2.03. The van der Waals surface area contributed by atoms with Gasteiger partial charge in [0.05, 0.1) is 13.3 Å². The van der Waals surface area contributed by atoms with E-state index in [-0.39, 0.29) is 0 Å². The molecule has 0 aliphatic rings. The molecule has 0 aromatic carbocycles. The minimum absolute atomic E-state index is 0.552. The van der Waals surface area contributed by atoms with Crippen LogP contribution >= 0.6 is 0 Å². The van der Waals surface area contributed by atoms with E-state index in [0.717, 1.165) is 5.52 Å². The Morgan fingerprint density at radius 3 is 2.71 bits per heavy atom. The molecule has 0 fully saturated rings. The summed E-state index contributed by atoms with van der Waals surface area (Å²) in [5, 5.41) is 0. The molecule has 0 aliphatic carbocycles. The zero-order valence-electron chi connectivity index (χ0n) is 8.87. The van der Waals surface area contributed by atoms with Crippen molar-refractivity contribution in [2.45, 2.75) is 20.8 Å². The zero-order chi connectivity index (χ0) is 10.6. The second kappa shape index (κ2) is 4.60. The van der Waals surface area contributed by atoms with Crippen LogP contribution in [0, 0.1) is 6.92 Å². The van der Waals surface area contributed by atoms with Crippen LogP contribution < -0.4 is 4.74 Å². The number of aromatic nitrogens is 2. The number of aryl methyl sites for hydroxylation is 1. The second-order valence-electron chi connectivity index (χ2n) is 2.43. The number of oxazole rings is 1. The number of nitrogens with zero attached hydrogens (tertiary/aromatic N) is 2. The lowest BCUT2D eigenvalue weighted by molar-refractivity contribution is 0.398. The van der Waals surface area contributed by atoms with Crippen LogP contribution in [0.15, 0.2) is 16.7 Å². The molecular formula is C10H14N2O2. The minimum Gasteiger partial charge on any atom is -0.481 e. The molecule has 0 atom stereocenters. The molecule has 0 unspecified atom stereocenters. The van der Waals surface area contributed by atoms with E-state index < -0.39 is 0 Å². The van der Waals surface area contributed by atoms with Crippen LogP contribution in [-0.4, -0.2) is 17.1 Å².